The van der Waals surface area contributed by atoms with E-state index in [1.165, 1.54) is 25.7 Å². The molecule has 0 aromatic carbocycles. The van der Waals surface area contributed by atoms with E-state index in [-0.39, 0.29) is 12.7 Å². The van der Waals surface area contributed by atoms with Crippen molar-refractivity contribution >= 4 is 0 Å². The lowest BCUT2D eigenvalue weighted by Gasteiger charge is -2.06. The van der Waals surface area contributed by atoms with Gasteiger partial charge < -0.3 is 10.2 Å². The molecule has 0 saturated carbocycles. The van der Waals surface area contributed by atoms with Gasteiger partial charge in [-0.2, -0.15) is 0 Å². The van der Waals surface area contributed by atoms with Crippen LogP contribution in [-0.2, 0) is 0 Å². The van der Waals surface area contributed by atoms with E-state index in [9.17, 15) is 5.11 Å². The molecule has 112 valence electrons. The molecule has 0 heterocycles. The summed E-state index contributed by atoms with van der Waals surface area (Å²) in [6, 6.07) is 0. The van der Waals surface area contributed by atoms with Crippen LogP contribution in [0.2, 0.25) is 0 Å². The molecule has 0 aliphatic rings. The molecular weight excluding hydrogens is 248 g/mol. The highest BCUT2D eigenvalue weighted by Gasteiger charge is 2.00. The van der Waals surface area contributed by atoms with Crippen LogP contribution in [0.5, 0.6) is 0 Å². The molecule has 1 atom stereocenters. The molecule has 0 amide bonds. The first-order valence-electron chi connectivity index (χ1n) is 7.66. The topological polar surface area (TPSA) is 40.5 Å². The number of allylic oxidation sites excluding steroid dienone is 1. The number of rotatable bonds is 11. The third kappa shape index (κ3) is 14.8. The Bertz CT molecular complexity index is 338. The van der Waals surface area contributed by atoms with Gasteiger partial charge in [0.15, 0.2) is 0 Å². The van der Waals surface area contributed by atoms with Gasteiger partial charge in [0.1, 0.15) is 0 Å². The molecule has 0 spiro atoms. The van der Waals surface area contributed by atoms with E-state index >= 15 is 0 Å². The van der Waals surface area contributed by atoms with Gasteiger partial charge in [-0.1, -0.05) is 43.6 Å². The first kappa shape index (κ1) is 18.8. The molecule has 0 saturated heterocycles. The van der Waals surface area contributed by atoms with Crippen molar-refractivity contribution in [1.82, 2.24) is 0 Å². The number of aliphatic hydroxyl groups is 2. The lowest BCUT2D eigenvalue weighted by molar-refractivity contribution is 0.166. The molecule has 2 nitrogen and oxygen atoms in total. The lowest BCUT2D eigenvalue weighted by atomic mass is 10.1. The first-order valence-corrected chi connectivity index (χ1v) is 7.66. The number of aliphatic hydroxyl groups excluding tert-OH is 2. The predicted octanol–water partition coefficient (Wildman–Crippen LogP) is 3.43. The molecule has 0 aliphatic carbocycles. The summed E-state index contributed by atoms with van der Waals surface area (Å²) in [5.41, 5.74) is 0. The number of hydrogen-bond acceptors (Lipinski definition) is 2. The number of hydrogen-bond donors (Lipinski definition) is 2. The Balaban J connectivity index is 3.44. The minimum Gasteiger partial charge on any atom is -0.396 e. The van der Waals surface area contributed by atoms with Crippen molar-refractivity contribution < 1.29 is 10.2 Å². The predicted molar refractivity (Wildman–Crippen MR) is 85.0 cm³/mol. The quantitative estimate of drug-likeness (QED) is 0.345. The van der Waals surface area contributed by atoms with Gasteiger partial charge in [-0.3, -0.25) is 0 Å². The molecule has 0 aromatic heterocycles. The van der Waals surface area contributed by atoms with Crippen molar-refractivity contribution in [3.8, 4) is 23.7 Å². The van der Waals surface area contributed by atoms with Crippen LogP contribution in [-0.4, -0.2) is 22.9 Å². The third-order valence-corrected chi connectivity index (χ3v) is 2.98. The fourth-order valence-corrected chi connectivity index (χ4v) is 1.79. The Kier molecular flexibility index (Phi) is 14.9. The van der Waals surface area contributed by atoms with Crippen molar-refractivity contribution in [3.63, 3.8) is 0 Å². The van der Waals surface area contributed by atoms with Gasteiger partial charge in [-0.05, 0) is 37.5 Å². The van der Waals surface area contributed by atoms with Gasteiger partial charge in [0.05, 0.1) is 6.10 Å². The molecule has 0 rings (SSSR count). The largest absolute Gasteiger partial charge is 0.396 e. The van der Waals surface area contributed by atoms with Gasteiger partial charge in [0, 0.05) is 19.4 Å². The maximum Gasteiger partial charge on any atom is 0.0649 e. The summed E-state index contributed by atoms with van der Waals surface area (Å²) in [4.78, 5) is 0. The molecule has 0 aliphatic heterocycles. The van der Waals surface area contributed by atoms with E-state index in [4.69, 9.17) is 5.11 Å². The van der Waals surface area contributed by atoms with Crippen molar-refractivity contribution in [2.75, 3.05) is 6.61 Å². The van der Waals surface area contributed by atoms with E-state index < -0.39 is 0 Å². The average molecular weight is 276 g/mol. The van der Waals surface area contributed by atoms with Gasteiger partial charge in [0.2, 0.25) is 0 Å². The minimum absolute atomic E-state index is 0.175. The lowest BCUT2D eigenvalue weighted by Crippen LogP contribution is -2.04. The van der Waals surface area contributed by atoms with Crippen LogP contribution in [0.4, 0.5) is 0 Å². The Morgan fingerprint density at radius 3 is 2.40 bits per heavy atom. The second kappa shape index (κ2) is 15.8. The standard InChI is InChI=1S/C18H28O2/c1-2-3-4-5-6-9-12-15-18(20)16-13-10-7-8-11-14-17-19/h2,18-20H,1,3-6,9,11-12,14-17H2/t18-/m0/s1. The highest BCUT2D eigenvalue weighted by atomic mass is 16.3. The van der Waals surface area contributed by atoms with Crippen LogP contribution >= 0.6 is 0 Å². The highest BCUT2D eigenvalue weighted by Crippen LogP contribution is 2.10. The highest BCUT2D eigenvalue weighted by molar-refractivity contribution is 5.25. The molecule has 0 radical (unpaired) electrons. The molecule has 20 heavy (non-hydrogen) atoms. The summed E-state index contributed by atoms with van der Waals surface area (Å²) in [5.74, 6) is 11.2. The fourth-order valence-electron chi connectivity index (χ4n) is 1.79. The summed E-state index contributed by atoms with van der Waals surface area (Å²) in [6.45, 7) is 3.88. The second-order valence-corrected chi connectivity index (χ2v) is 4.92. The van der Waals surface area contributed by atoms with Crippen molar-refractivity contribution in [3.05, 3.63) is 12.7 Å². The van der Waals surface area contributed by atoms with Crippen molar-refractivity contribution in [1.29, 1.82) is 0 Å². The van der Waals surface area contributed by atoms with Gasteiger partial charge in [-0.25, -0.2) is 0 Å². The molecule has 0 bridgehead atoms. The maximum absolute atomic E-state index is 9.73. The van der Waals surface area contributed by atoms with Gasteiger partial charge in [-0.15, -0.1) is 6.58 Å². The van der Waals surface area contributed by atoms with Gasteiger partial charge in [0.25, 0.3) is 0 Å². The van der Waals surface area contributed by atoms with Crippen molar-refractivity contribution in [2.45, 2.75) is 70.3 Å². The Labute approximate surface area is 124 Å². The number of unbranched alkanes of at least 4 members (excludes halogenated alkanes) is 6. The SMILES string of the molecule is C=CCCCCCCC[C@H](O)CC#CC#CCCCO. The van der Waals surface area contributed by atoms with E-state index in [1.807, 2.05) is 6.08 Å². The first-order chi connectivity index (χ1) is 9.81. The van der Waals surface area contributed by atoms with E-state index in [0.717, 1.165) is 19.3 Å². The molecular formula is C18H28O2. The van der Waals surface area contributed by atoms with Gasteiger partial charge >= 0.3 is 0 Å². The smallest absolute Gasteiger partial charge is 0.0649 e. The molecule has 0 unspecified atom stereocenters. The van der Waals surface area contributed by atoms with E-state index in [1.54, 1.807) is 0 Å². The van der Waals surface area contributed by atoms with Crippen LogP contribution in [0.15, 0.2) is 12.7 Å². The summed E-state index contributed by atoms with van der Waals surface area (Å²) in [7, 11) is 0. The van der Waals surface area contributed by atoms with Crippen molar-refractivity contribution in [2.24, 2.45) is 0 Å². The zero-order chi connectivity index (χ0) is 14.9. The van der Waals surface area contributed by atoms with Crippen LogP contribution in [0, 0.1) is 23.7 Å². The van der Waals surface area contributed by atoms with Crippen LogP contribution in [0.1, 0.15) is 64.2 Å². The summed E-state index contributed by atoms with van der Waals surface area (Å²) in [6.07, 6.45) is 11.4. The van der Waals surface area contributed by atoms with Crippen LogP contribution < -0.4 is 0 Å². The zero-order valence-electron chi connectivity index (χ0n) is 12.5. The zero-order valence-corrected chi connectivity index (χ0v) is 12.5. The molecule has 2 heteroatoms. The average Bonchev–Trinajstić information content (AvgIpc) is 2.45. The molecule has 0 aromatic rings. The third-order valence-electron chi connectivity index (χ3n) is 2.98. The molecule has 2 N–H and O–H groups in total. The van der Waals surface area contributed by atoms with Crippen LogP contribution in [0.3, 0.4) is 0 Å². The van der Waals surface area contributed by atoms with E-state index in [2.05, 4.69) is 30.3 Å². The molecule has 0 fully saturated rings. The minimum atomic E-state index is -0.324. The van der Waals surface area contributed by atoms with Crippen LogP contribution in [0.25, 0.3) is 0 Å². The Morgan fingerprint density at radius 2 is 1.65 bits per heavy atom. The maximum atomic E-state index is 9.73. The summed E-state index contributed by atoms with van der Waals surface area (Å²) in [5, 5.41) is 18.3. The summed E-state index contributed by atoms with van der Waals surface area (Å²) >= 11 is 0. The summed E-state index contributed by atoms with van der Waals surface area (Å²) < 4.78 is 0. The Hall–Kier alpha value is -1.22. The fraction of sp³-hybridized carbons (Fsp3) is 0.667. The normalized spacial score (nSPS) is 10.9. The van der Waals surface area contributed by atoms with E-state index in [0.29, 0.717) is 19.3 Å². The Morgan fingerprint density at radius 1 is 0.950 bits per heavy atom. The monoisotopic (exact) mass is 276 g/mol. The second-order valence-electron chi connectivity index (χ2n) is 4.92.